The van der Waals surface area contributed by atoms with Crippen molar-refractivity contribution in [3.63, 3.8) is 0 Å². The van der Waals surface area contributed by atoms with Crippen molar-refractivity contribution in [1.29, 1.82) is 0 Å². The van der Waals surface area contributed by atoms with Crippen LogP contribution in [-0.2, 0) is 0 Å². The summed E-state index contributed by atoms with van der Waals surface area (Å²) in [5.41, 5.74) is 4.83. The largest absolute Gasteiger partial charge is 0.354 e. The molecule has 2 N–H and O–H groups in total. The van der Waals surface area contributed by atoms with E-state index in [-0.39, 0.29) is 0 Å². The van der Waals surface area contributed by atoms with Crippen molar-refractivity contribution in [2.24, 2.45) is 0 Å². The number of fused-ring (bicyclic) bond motifs is 14. The first-order valence-electron chi connectivity index (χ1n) is 14.5. The Kier molecular flexibility index (Phi) is 4.93. The minimum Gasteiger partial charge on any atom is -0.354 e. The lowest BCUT2D eigenvalue weighted by molar-refractivity contribution is 1.56. The maximum absolute atomic E-state index is 3.56. The van der Waals surface area contributed by atoms with Crippen molar-refractivity contribution in [3.05, 3.63) is 146 Å². The third-order valence-corrected chi connectivity index (χ3v) is 8.75. The topological polar surface area (TPSA) is 31.6 Å². The van der Waals surface area contributed by atoms with Gasteiger partial charge in [0.05, 0.1) is 0 Å². The first-order valence-corrected chi connectivity index (χ1v) is 14.5. The normalized spacial score (nSPS) is 11.8. The summed E-state index contributed by atoms with van der Waals surface area (Å²) in [5.74, 6) is 0. The van der Waals surface area contributed by atoms with Crippen LogP contribution in [0.3, 0.4) is 0 Å². The molecule has 0 bridgehead atoms. The highest BCUT2D eigenvalue weighted by Gasteiger charge is 2.12. The third-order valence-electron chi connectivity index (χ3n) is 8.75. The number of nitrogens with one attached hydrogen (secondary N) is 2. The lowest BCUT2D eigenvalue weighted by Crippen LogP contribution is -1.76. The molecule has 0 aliphatic carbocycles. The molecule has 0 radical (unpaired) electrons. The van der Waals surface area contributed by atoms with Crippen molar-refractivity contribution in [2.75, 3.05) is 0 Å². The average molecular weight is 535 g/mol. The fourth-order valence-corrected chi connectivity index (χ4v) is 6.87. The van der Waals surface area contributed by atoms with Gasteiger partial charge in [-0.3, -0.25) is 0 Å². The fraction of sp³-hybridized carbons (Fsp3) is 0. The van der Waals surface area contributed by atoms with Gasteiger partial charge in [-0.2, -0.15) is 0 Å². The van der Waals surface area contributed by atoms with Gasteiger partial charge < -0.3 is 9.97 Å². The van der Waals surface area contributed by atoms with E-state index < -0.39 is 0 Å². The number of aromatic nitrogens is 2. The molecule has 0 spiro atoms. The highest BCUT2D eigenvalue weighted by molar-refractivity contribution is 6.28. The molecule has 0 fully saturated rings. The predicted octanol–water partition coefficient (Wildman–Crippen LogP) is 11.3. The Morgan fingerprint density at radius 2 is 0.476 bits per heavy atom. The van der Waals surface area contributed by atoms with Gasteiger partial charge in [0.1, 0.15) is 0 Å². The van der Waals surface area contributed by atoms with Crippen LogP contribution < -0.4 is 0 Å². The van der Waals surface area contributed by atoms with Gasteiger partial charge in [-0.1, -0.05) is 121 Å². The van der Waals surface area contributed by atoms with Crippen LogP contribution in [0, 0.1) is 0 Å². The Bertz CT molecular complexity index is 2270. The molecular weight excluding hydrogens is 508 g/mol. The first kappa shape index (κ1) is 23.1. The van der Waals surface area contributed by atoms with E-state index in [1.807, 2.05) is 0 Å². The molecule has 0 aliphatic rings. The van der Waals surface area contributed by atoms with Crippen LogP contribution in [0.25, 0.3) is 86.7 Å². The average Bonchev–Trinajstić information content (AvgIpc) is 3.65. The summed E-state index contributed by atoms with van der Waals surface area (Å²) in [4.78, 5) is 7.12. The second kappa shape index (κ2) is 8.95. The highest BCUT2D eigenvalue weighted by atomic mass is 14.7. The van der Waals surface area contributed by atoms with Crippen LogP contribution in [0.4, 0.5) is 0 Å². The Labute approximate surface area is 241 Å². The van der Waals surface area contributed by atoms with Crippen molar-refractivity contribution < 1.29 is 0 Å². The summed E-state index contributed by atoms with van der Waals surface area (Å²) < 4.78 is 0. The summed E-state index contributed by atoms with van der Waals surface area (Å²) in [6.07, 6.45) is 0. The maximum Gasteiger partial charge on any atom is 0.0471 e. The molecule has 2 heteroatoms. The molecule has 196 valence electrons. The Hall–Kier alpha value is -5.60. The summed E-state index contributed by atoms with van der Waals surface area (Å²) in [6.45, 7) is 0. The first-order chi connectivity index (χ1) is 20.8. The molecule has 0 saturated heterocycles. The van der Waals surface area contributed by atoms with Crippen LogP contribution in [0.2, 0.25) is 0 Å². The number of rotatable bonds is 0. The minimum absolute atomic E-state index is 1.21. The molecule has 2 nitrogen and oxygen atoms in total. The zero-order valence-electron chi connectivity index (χ0n) is 22.9. The number of aromatic amines is 2. The number of hydrogen-bond acceptors (Lipinski definition) is 0. The standard InChI is InChI=1S/2C20H13N/c2*1-3-7-15-13(5-1)9-11-17-19(15)20-16-8-4-2-6-14(16)10-12-18(20)21-17/h2*1-12,21H. The third kappa shape index (κ3) is 3.39. The molecule has 10 aromatic rings. The Balaban J connectivity index is 0.000000119. The van der Waals surface area contributed by atoms with Crippen LogP contribution in [0.15, 0.2) is 146 Å². The van der Waals surface area contributed by atoms with Gasteiger partial charge in [-0.05, 0) is 67.4 Å². The zero-order chi connectivity index (χ0) is 27.6. The van der Waals surface area contributed by atoms with Gasteiger partial charge in [-0.25, -0.2) is 0 Å². The Morgan fingerprint density at radius 1 is 0.238 bits per heavy atom. The fourth-order valence-electron chi connectivity index (χ4n) is 6.87. The van der Waals surface area contributed by atoms with E-state index in [9.17, 15) is 0 Å². The van der Waals surface area contributed by atoms with E-state index in [1.54, 1.807) is 0 Å². The van der Waals surface area contributed by atoms with Gasteiger partial charge in [-0.15, -0.1) is 0 Å². The van der Waals surface area contributed by atoms with E-state index in [2.05, 4.69) is 156 Å². The van der Waals surface area contributed by atoms with Crippen LogP contribution in [0.5, 0.6) is 0 Å². The van der Waals surface area contributed by atoms with Crippen LogP contribution in [0.1, 0.15) is 0 Å². The molecule has 8 aromatic carbocycles. The maximum atomic E-state index is 3.56. The SMILES string of the molecule is c1ccc2c(c1)ccc1[nH]c3ccc4ccccc4c3c12.c1ccc2c(c1)ccc1[nH]c3ccc4ccccc4c3c12. The van der Waals surface area contributed by atoms with Gasteiger partial charge in [0.25, 0.3) is 0 Å². The second-order valence-electron chi connectivity index (χ2n) is 11.1. The molecule has 0 saturated carbocycles. The molecule has 42 heavy (non-hydrogen) atoms. The molecule has 10 rings (SSSR count). The van der Waals surface area contributed by atoms with E-state index >= 15 is 0 Å². The number of hydrogen-bond donors (Lipinski definition) is 2. The number of benzene rings is 8. The predicted molar refractivity (Wildman–Crippen MR) is 182 cm³/mol. The monoisotopic (exact) mass is 534 g/mol. The zero-order valence-corrected chi connectivity index (χ0v) is 22.9. The van der Waals surface area contributed by atoms with E-state index in [0.29, 0.717) is 0 Å². The van der Waals surface area contributed by atoms with Gasteiger partial charge in [0, 0.05) is 43.6 Å². The van der Waals surface area contributed by atoms with E-state index in [0.717, 1.165) is 0 Å². The van der Waals surface area contributed by atoms with Gasteiger partial charge >= 0.3 is 0 Å². The molecule has 2 aromatic heterocycles. The summed E-state index contributed by atoms with van der Waals surface area (Å²) in [7, 11) is 0. The molecule has 0 unspecified atom stereocenters. The quantitative estimate of drug-likeness (QED) is 0.194. The summed E-state index contributed by atoms with van der Waals surface area (Å²) in [6, 6.07) is 51.9. The van der Waals surface area contributed by atoms with Gasteiger partial charge in [0.2, 0.25) is 0 Å². The molecule has 0 atom stereocenters. The molecule has 2 heterocycles. The lowest BCUT2D eigenvalue weighted by Gasteiger charge is -2.02. The minimum atomic E-state index is 1.21. The highest BCUT2D eigenvalue weighted by Crippen LogP contribution is 2.37. The van der Waals surface area contributed by atoms with E-state index in [1.165, 1.54) is 86.7 Å². The van der Waals surface area contributed by atoms with Crippen molar-refractivity contribution in [2.45, 2.75) is 0 Å². The lowest BCUT2D eigenvalue weighted by atomic mass is 10.00. The van der Waals surface area contributed by atoms with Crippen LogP contribution >= 0.6 is 0 Å². The number of H-pyrrole nitrogens is 2. The molecular formula is C40H26N2. The second-order valence-corrected chi connectivity index (χ2v) is 11.1. The van der Waals surface area contributed by atoms with E-state index in [4.69, 9.17) is 0 Å². The van der Waals surface area contributed by atoms with Crippen molar-refractivity contribution in [1.82, 2.24) is 9.97 Å². The molecule has 0 amide bonds. The van der Waals surface area contributed by atoms with Gasteiger partial charge in [0.15, 0.2) is 0 Å². The summed E-state index contributed by atoms with van der Waals surface area (Å²) >= 11 is 0. The van der Waals surface area contributed by atoms with Crippen molar-refractivity contribution >= 4 is 86.7 Å². The Morgan fingerprint density at radius 3 is 0.738 bits per heavy atom. The van der Waals surface area contributed by atoms with Crippen molar-refractivity contribution in [3.8, 4) is 0 Å². The van der Waals surface area contributed by atoms with Crippen LogP contribution in [-0.4, -0.2) is 9.97 Å². The molecule has 0 aliphatic heterocycles. The smallest absolute Gasteiger partial charge is 0.0471 e. The summed E-state index contributed by atoms with van der Waals surface area (Å²) in [5, 5.41) is 15.8.